The van der Waals surface area contributed by atoms with Crippen molar-refractivity contribution in [3.8, 4) is 0 Å². The first-order chi connectivity index (χ1) is 6.55. The third-order valence-corrected chi connectivity index (χ3v) is 2.80. The molecule has 0 bridgehead atoms. The van der Waals surface area contributed by atoms with Gasteiger partial charge in [-0.2, -0.15) is 0 Å². The SMILES string of the molecule is C=C(CNCC(=C)C(C)(C)C)C(C)(C)C. The Hall–Kier alpha value is -0.560. The second-order valence-electron chi connectivity index (χ2n) is 6.31. The molecule has 0 aliphatic rings. The van der Waals surface area contributed by atoms with E-state index in [1.54, 1.807) is 0 Å². The summed E-state index contributed by atoms with van der Waals surface area (Å²) in [5, 5.41) is 3.40. The van der Waals surface area contributed by atoms with E-state index in [9.17, 15) is 0 Å². The van der Waals surface area contributed by atoms with Crippen molar-refractivity contribution in [2.24, 2.45) is 10.8 Å². The molecule has 0 atom stereocenters. The summed E-state index contributed by atoms with van der Waals surface area (Å²) in [5.74, 6) is 0. The van der Waals surface area contributed by atoms with Crippen molar-refractivity contribution < 1.29 is 0 Å². The van der Waals surface area contributed by atoms with E-state index in [0.29, 0.717) is 0 Å². The second kappa shape index (κ2) is 4.98. The summed E-state index contributed by atoms with van der Waals surface area (Å²) in [4.78, 5) is 0. The molecule has 0 aromatic rings. The molecule has 0 saturated heterocycles. The molecule has 1 N–H and O–H groups in total. The molecule has 15 heavy (non-hydrogen) atoms. The summed E-state index contributed by atoms with van der Waals surface area (Å²) in [6, 6.07) is 0. The van der Waals surface area contributed by atoms with Gasteiger partial charge in [0.1, 0.15) is 0 Å². The fraction of sp³-hybridized carbons (Fsp3) is 0.714. The van der Waals surface area contributed by atoms with E-state index in [4.69, 9.17) is 0 Å². The minimum Gasteiger partial charge on any atom is -0.309 e. The van der Waals surface area contributed by atoms with Gasteiger partial charge in [0.25, 0.3) is 0 Å². The van der Waals surface area contributed by atoms with Gasteiger partial charge in [0, 0.05) is 13.1 Å². The van der Waals surface area contributed by atoms with Crippen LogP contribution < -0.4 is 5.32 Å². The number of hydrogen-bond donors (Lipinski definition) is 1. The summed E-state index contributed by atoms with van der Waals surface area (Å²) in [5.41, 5.74) is 2.86. The third kappa shape index (κ3) is 5.78. The Balaban J connectivity index is 3.92. The fourth-order valence-electron chi connectivity index (χ4n) is 0.895. The van der Waals surface area contributed by atoms with Crippen LogP contribution in [-0.2, 0) is 0 Å². The highest BCUT2D eigenvalue weighted by molar-refractivity contribution is 5.10. The summed E-state index contributed by atoms with van der Waals surface area (Å²) < 4.78 is 0. The highest BCUT2D eigenvalue weighted by Crippen LogP contribution is 2.24. The topological polar surface area (TPSA) is 12.0 Å². The molecule has 0 unspecified atom stereocenters. The van der Waals surface area contributed by atoms with Crippen LogP contribution in [0.5, 0.6) is 0 Å². The zero-order valence-electron chi connectivity index (χ0n) is 11.3. The van der Waals surface area contributed by atoms with Crippen LogP contribution >= 0.6 is 0 Å². The average Bonchev–Trinajstić information content (AvgIpc) is 2.00. The van der Waals surface area contributed by atoms with Gasteiger partial charge in [-0.05, 0) is 10.8 Å². The van der Waals surface area contributed by atoms with Crippen LogP contribution in [0.1, 0.15) is 41.5 Å². The van der Waals surface area contributed by atoms with Gasteiger partial charge in [0.2, 0.25) is 0 Å². The molecule has 1 heteroatoms. The molecular formula is C14H27N. The maximum absolute atomic E-state index is 4.09. The summed E-state index contributed by atoms with van der Waals surface area (Å²) in [7, 11) is 0. The average molecular weight is 209 g/mol. The van der Waals surface area contributed by atoms with Crippen molar-refractivity contribution in [1.29, 1.82) is 0 Å². The predicted molar refractivity (Wildman–Crippen MR) is 70.1 cm³/mol. The Kier molecular flexibility index (Phi) is 4.79. The lowest BCUT2D eigenvalue weighted by Gasteiger charge is -2.25. The van der Waals surface area contributed by atoms with Gasteiger partial charge < -0.3 is 5.32 Å². The number of rotatable bonds is 4. The molecule has 0 fully saturated rings. The standard InChI is InChI=1S/C14H27N/c1-11(13(3,4)5)9-15-10-12(2)14(6,7)8/h15H,1-2,9-10H2,3-8H3. The monoisotopic (exact) mass is 209 g/mol. The first kappa shape index (κ1) is 14.4. The fourth-order valence-corrected chi connectivity index (χ4v) is 0.895. The highest BCUT2D eigenvalue weighted by atomic mass is 14.9. The minimum absolute atomic E-state index is 0.191. The molecule has 0 spiro atoms. The number of hydrogen-bond acceptors (Lipinski definition) is 1. The van der Waals surface area contributed by atoms with E-state index >= 15 is 0 Å². The van der Waals surface area contributed by atoms with Gasteiger partial charge in [-0.3, -0.25) is 0 Å². The lowest BCUT2D eigenvalue weighted by atomic mass is 9.86. The molecule has 0 aromatic carbocycles. The quantitative estimate of drug-likeness (QED) is 0.695. The normalized spacial score (nSPS) is 12.7. The van der Waals surface area contributed by atoms with Gasteiger partial charge in [0.05, 0.1) is 0 Å². The Morgan fingerprint density at radius 3 is 1.27 bits per heavy atom. The molecule has 0 heterocycles. The largest absolute Gasteiger partial charge is 0.309 e. The second-order valence-corrected chi connectivity index (χ2v) is 6.31. The van der Waals surface area contributed by atoms with Gasteiger partial charge in [-0.25, -0.2) is 0 Å². The smallest absolute Gasteiger partial charge is 0.0170 e. The Bertz CT molecular complexity index is 209. The van der Waals surface area contributed by atoms with E-state index in [1.807, 2.05) is 0 Å². The van der Waals surface area contributed by atoms with Crippen LogP contribution in [0, 0.1) is 10.8 Å². The van der Waals surface area contributed by atoms with Crippen LogP contribution in [-0.4, -0.2) is 13.1 Å². The van der Waals surface area contributed by atoms with Crippen molar-refractivity contribution in [3.63, 3.8) is 0 Å². The Morgan fingerprint density at radius 1 is 0.800 bits per heavy atom. The van der Waals surface area contributed by atoms with Crippen molar-refractivity contribution in [2.75, 3.05) is 13.1 Å². The summed E-state index contributed by atoms with van der Waals surface area (Å²) in [6.45, 7) is 23.1. The highest BCUT2D eigenvalue weighted by Gasteiger charge is 2.16. The van der Waals surface area contributed by atoms with Crippen molar-refractivity contribution in [2.45, 2.75) is 41.5 Å². The molecule has 1 nitrogen and oxygen atoms in total. The molecule has 0 aliphatic heterocycles. The third-order valence-electron chi connectivity index (χ3n) is 2.80. The zero-order valence-corrected chi connectivity index (χ0v) is 11.3. The summed E-state index contributed by atoms with van der Waals surface area (Å²) >= 11 is 0. The summed E-state index contributed by atoms with van der Waals surface area (Å²) in [6.07, 6.45) is 0. The van der Waals surface area contributed by atoms with Crippen LogP contribution in [0.3, 0.4) is 0 Å². The van der Waals surface area contributed by atoms with Crippen LogP contribution in [0.4, 0.5) is 0 Å². The van der Waals surface area contributed by atoms with Crippen molar-refractivity contribution in [3.05, 3.63) is 24.3 Å². The molecule has 0 saturated carbocycles. The van der Waals surface area contributed by atoms with E-state index in [1.165, 1.54) is 11.1 Å². The van der Waals surface area contributed by atoms with E-state index in [0.717, 1.165) is 13.1 Å². The van der Waals surface area contributed by atoms with E-state index < -0.39 is 0 Å². The zero-order chi connectivity index (χ0) is 12.3. The maximum Gasteiger partial charge on any atom is 0.0170 e. The number of nitrogens with one attached hydrogen (secondary N) is 1. The van der Waals surface area contributed by atoms with Gasteiger partial charge in [0.15, 0.2) is 0 Å². The first-order valence-electron chi connectivity index (χ1n) is 5.62. The molecule has 0 rings (SSSR count). The Morgan fingerprint density at radius 2 is 1.07 bits per heavy atom. The van der Waals surface area contributed by atoms with Crippen LogP contribution in [0.15, 0.2) is 24.3 Å². The molecule has 0 aliphatic carbocycles. The van der Waals surface area contributed by atoms with Gasteiger partial charge in [-0.15, -0.1) is 0 Å². The predicted octanol–water partition coefficient (Wildman–Crippen LogP) is 3.78. The molecule has 0 radical (unpaired) electrons. The van der Waals surface area contributed by atoms with Gasteiger partial charge in [-0.1, -0.05) is 65.8 Å². The lowest BCUT2D eigenvalue weighted by Crippen LogP contribution is -2.27. The van der Waals surface area contributed by atoms with E-state index in [2.05, 4.69) is 60.0 Å². The van der Waals surface area contributed by atoms with Crippen LogP contribution in [0.2, 0.25) is 0 Å². The molecule has 0 amide bonds. The Labute approximate surface area is 95.7 Å². The van der Waals surface area contributed by atoms with Crippen molar-refractivity contribution in [1.82, 2.24) is 5.32 Å². The minimum atomic E-state index is 0.191. The maximum atomic E-state index is 4.09. The molecule has 0 aromatic heterocycles. The van der Waals surface area contributed by atoms with Crippen LogP contribution in [0.25, 0.3) is 0 Å². The molecular weight excluding hydrogens is 182 g/mol. The van der Waals surface area contributed by atoms with E-state index in [-0.39, 0.29) is 10.8 Å². The van der Waals surface area contributed by atoms with Gasteiger partial charge >= 0.3 is 0 Å². The first-order valence-corrected chi connectivity index (χ1v) is 5.62. The van der Waals surface area contributed by atoms with Crippen molar-refractivity contribution >= 4 is 0 Å². The lowest BCUT2D eigenvalue weighted by molar-refractivity contribution is 0.464. The molecule has 88 valence electrons.